The number of carbonyl (C=O) groups is 1. The molecule has 0 amide bonds. The molecule has 2 aromatic rings. The van der Waals surface area contributed by atoms with Crippen molar-refractivity contribution in [2.45, 2.75) is 23.8 Å². The summed E-state index contributed by atoms with van der Waals surface area (Å²) < 4.78 is 30.6. The Labute approximate surface area is 119 Å². The van der Waals surface area contributed by atoms with Crippen LogP contribution in [0.15, 0.2) is 23.1 Å². The number of carboxylic acid groups (broad SMARTS) is 1. The molecule has 1 fully saturated rings. The first-order chi connectivity index (χ1) is 9.51. The summed E-state index contributed by atoms with van der Waals surface area (Å²) >= 11 is 0.995. The van der Waals surface area contributed by atoms with Crippen LogP contribution < -0.4 is 0 Å². The zero-order chi connectivity index (χ0) is 14.3. The largest absolute Gasteiger partial charge is 0.480 e. The fraction of sp³-hybridized carbons (Fsp3) is 0.364. The van der Waals surface area contributed by atoms with E-state index in [1.54, 1.807) is 12.1 Å². The molecule has 1 aliphatic rings. The molecule has 20 heavy (non-hydrogen) atoms. The van der Waals surface area contributed by atoms with Crippen molar-refractivity contribution >= 4 is 37.7 Å². The highest BCUT2D eigenvalue weighted by molar-refractivity contribution is 7.89. The third-order valence-electron chi connectivity index (χ3n) is 3.31. The SMILES string of the molecule is O=C(O)C1CCCN1S(=O)(=O)c1cccc2nnsc12. The van der Waals surface area contributed by atoms with Crippen LogP contribution in [0.2, 0.25) is 0 Å². The van der Waals surface area contributed by atoms with Gasteiger partial charge in [-0.1, -0.05) is 10.6 Å². The summed E-state index contributed by atoms with van der Waals surface area (Å²) in [5.74, 6) is -1.11. The molecule has 1 saturated heterocycles. The summed E-state index contributed by atoms with van der Waals surface area (Å²) in [5, 5.41) is 13.0. The Morgan fingerprint density at radius 3 is 3.00 bits per heavy atom. The quantitative estimate of drug-likeness (QED) is 0.904. The van der Waals surface area contributed by atoms with E-state index in [2.05, 4.69) is 9.59 Å². The molecule has 106 valence electrons. The second kappa shape index (κ2) is 4.76. The summed E-state index contributed by atoms with van der Waals surface area (Å²) in [6, 6.07) is 3.74. The van der Waals surface area contributed by atoms with Crippen LogP contribution in [0, 0.1) is 0 Å². The molecule has 0 spiro atoms. The first-order valence-electron chi connectivity index (χ1n) is 5.97. The van der Waals surface area contributed by atoms with Crippen LogP contribution >= 0.6 is 11.5 Å². The van der Waals surface area contributed by atoms with E-state index in [1.807, 2.05) is 0 Å². The second-order valence-electron chi connectivity index (χ2n) is 4.49. The molecule has 9 heteroatoms. The lowest BCUT2D eigenvalue weighted by Gasteiger charge is -2.20. The second-order valence-corrected chi connectivity index (χ2v) is 7.10. The smallest absolute Gasteiger partial charge is 0.322 e. The van der Waals surface area contributed by atoms with Crippen LogP contribution in [-0.4, -0.2) is 46.0 Å². The Balaban J connectivity index is 2.12. The topological polar surface area (TPSA) is 100 Å². The molecule has 1 aromatic carbocycles. The van der Waals surface area contributed by atoms with Crippen molar-refractivity contribution in [1.82, 2.24) is 13.9 Å². The number of hydrogen-bond acceptors (Lipinski definition) is 6. The lowest BCUT2D eigenvalue weighted by molar-refractivity contribution is -0.140. The summed E-state index contributed by atoms with van der Waals surface area (Å²) in [4.78, 5) is 11.3. The number of nitrogens with zero attached hydrogens (tertiary/aromatic N) is 3. The number of aromatic nitrogens is 2. The monoisotopic (exact) mass is 313 g/mol. The number of carboxylic acids is 1. The van der Waals surface area contributed by atoms with Gasteiger partial charge in [0.2, 0.25) is 10.0 Å². The van der Waals surface area contributed by atoms with Crippen LogP contribution in [0.25, 0.3) is 10.2 Å². The van der Waals surface area contributed by atoms with Gasteiger partial charge in [0.1, 0.15) is 16.5 Å². The Kier molecular flexibility index (Phi) is 3.19. The molecular formula is C11H11N3O4S2. The van der Waals surface area contributed by atoms with E-state index in [9.17, 15) is 13.2 Å². The highest BCUT2D eigenvalue weighted by Gasteiger charge is 2.40. The Hall–Kier alpha value is -1.58. The Bertz CT molecular complexity index is 771. The first kappa shape index (κ1) is 13.4. The van der Waals surface area contributed by atoms with Gasteiger partial charge in [-0.2, -0.15) is 4.31 Å². The average Bonchev–Trinajstić information content (AvgIpc) is 3.06. The summed E-state index contributed by atoms with van der Waals surface area (Å²) in [5.41, 5.74) is 0.502. The molecule has 0 aliphatic carbocycles. The number of rotatable bonds is 3. The predicted molar refractivity (Wildman–Crippen MR) is 72.0 cm³/mol. The Morgan fingerprint density at radius 2 is 2.25 bits per heavy atom. The van der Waals surface area contributed by atoms with E-state index >= 15 is 0 Å². The average molecular weight is 313 g/mol. The lowest BCUT2D eigenvalue weighted by Crippen LogP contribution is -2.40. The highest BCUT2D eigenvalue weighted by atomic mass is 32.2. The van der Waals surface area contributed by atoms with Crippen molar-refractivity contribution in [2.75, 3.05) is 6.54 Å². The van der Waals surface area contributed by atoms with Crippen molar-refractivity contribution in [1.29, 1.82) is 0 Å². The van der Waals surface area contributed by atoms with Crippen molar-refractivity contribution < 1.29 is 18.3 Å². The highest BCUT2D eigenvalue weighted by Crippen LogP contribution is 2.31. The van der Waals surface area contributed by atoms with Gasteiger partial charge < -0.3 is 5.11 Å². The molecule has 1 unspecified atom stereocenters. The molecule has 1 aromatic heterocycles. The molecule has 1 aliphatic heterocycles. The molecule has 7 nitrogen and oxygen atoms in total. The van der Waals surface area contributed by atoms with Crippen LogP contribution in [-0.2, 0) is 14.8 Å². The first-order valence-corrected chi connectivity index (χ1v) is 8.19. The van der Waals surface area contributed by atoms with Crippen molar-refractivity contribution in [3.05, 3.63) is 18.2 Å². The number of benzene rings is 1. The van der Waals surface area contributed by atoms with Gasteiger partial charge in [0.25, 0.3) is 0 Å². The summed E-state index contributed by atoms with van der Waals surface area (Å²) in [6.07, 6.45) is 0.887. The molecule has 2 heterocycles. The number of sulfonamides is 1. The normalized spacial score (nSPS) is 20.5. The maximum atomic E-state index is 12.7. The van der Waals surface area contributed by atoms with E-state index in [-0.39, 0.29) is 11.4 Å². The van der Waals surface area contributed by atoms with E-state index in [1.165, 1.54) is 6.07 Å². The minimum absolute atomic E-state index is 0.0816. The number of hydrogen-bond donors (Lipinski definition) is 1. The molecule has 0 saturated carbocycles. The van der Waals surface area contributed by atoms with Crippen LogP contribution in [0.4, 0.5) is 0 Å². The van der Waals surface area contributed by atoms with Gasteiger partial charge in [-0.3, -0.25) is 4.79 Å². The molecule has 0 radical (unpaired) electrons. The van der Waals surface area contributed by atoms with Gasteiger partial charge in [0.15, 0.2) is 0 Å². The van der Waals surface area contributed by atoms with Crippen molar-refractivity contribution in [3.63, 3.8) is 0 Å². The molecular weight excluding hydrogens is 302 g/mol. The van der Waals surface area contributed by atoms with Crippen molar-refractivity contribution in [3.8, 4) is 0 Å². The van der Waals surface area contributed by atoms with E-state index < -0.39 is 22.0 Å². The standard InChI is InChI=1S/C11H11N3O4S2/c15-11(16)8-4-2-6-14(8)20(17,18)9-5-1-3-7-10(9)19-13-12-7/h1,3,5,8H,2,4,6H2,(H,15,16). The van der Waals surface area contributed by atoms with Gasteiger partial charge in [0, 0.05) is 6.54 Å². The van der Waals surface area contributed by atoms with Crippen LogP contribution in [0.5, 0.6) is 0 Å². The van der Waals surface area contributed by atoms with Gasteiger partial charge in [-0.05, 0) is 36.5 Å². The minimum atomic E-state index is -3.85. The van der Waals surface area contributed by atoms with Gasteiger partial charge in [0.05, 0.1) is 4.70 Å². The predicted octanol–water partition coefficient (Wildman–Crippen LogP) is 0.929. The van der Waals surface area contributed by atoms with Crippen LogP contribution in [0.3, 0.4) is 0 Å². The maximum absolute atomic E-state index is 12.7. The third-order valence-corrected chi connectivity index (χ3v) is 6.17. The molecule has 0 bridgehead atoms. The zero-order valence-corrected chi connectivity index (χ0v) is 11.9. The number of fused-ring (bicyclic) bond motifs is 1. The summed E-state index contributed by atoms with van der Waals surface area (Å²) in [7, 11) is -3.85. The Morgan fingerprint density at radius 1 is 1.45 bits per heavy atom. The number of aliphatic carboxylic acids is 1. The fourth-order valence-electron chi connectivity index (χ4n) is 2.38. The van der Waals surface area contributed by atoms with Crippen LogP contribution in [0.1, 0.15) is 12.8 Å². The zero-order valence-electron chi connectivity index (χ0n) is 10.3. The van der Waals surface area contributed by atoms with E-state index in [0.29, 0.717) is 23.1 Å². The molecule has 1 atom stereocenters. The summed E-state index contributed by atoms with van der Waals surface area (Å²) in [6.45, 7) is 0.224. The van der Waals surface area contributed by atoms with Gasteiger partial charge in [-0.15, -0.1) is 5.10 Å². The lowest BCUT2D eigenvalue weighted by atomic mass is 10.2. The van der Waals surface area contributed by atoms with Gasteiger partial charge in [-0.25, -0.2) is 8.42 Å². The maximum Gasteiger partial charge on any atom is 0.322 e. The van der Waals surface area contributed by atoms with E-state index in [0.717, 1.165) is 15.8 Å². The molecule has 1 N–H and O–H groups in total. The minimum Gasteiger partial charge on any atom is -0.480 e. The van der Waals surface area contributed by atoms with E-state index in [4.69, 9.17) is 5.11 Å². The third kappa shape index (κ3) is 1.98. The van der Waals surface area contributed by atoms with Gasteiger partial charge >= 0.3 is 5.97 Å². The fourth-order valence-corrected chi connectivity index (χ4v) is 5.12. The molecule has 3 rings (SSSR count). The van der Waals surface area contributed by atoms with Crippen molar-refractivity contribution in [2.24, 2.45) is 0 Å².